The van der Waals surface area contributed by atoms with Crippen molar-refractivity contribution >= 4 is 64.2 Å². The summed E-state index contributed by atoms with van der Waals surface area (Å²) in [5.41, 5.74) is 2.17. The Kier molecular flexibility index (Phi) is 4.67. The van der Waals surface area contributed by atoms with Gasteiger partial charge in [-0.2, -0.15) is 0 Å². The van der Waals surface area contributed by atoms with Gasteiger partial charge in [0, 0.05) is 10.0 Å². The lowest BCUT2D eigenvalue weighted by molar-refractivity contribution is 1.65. The SMILES string of the molecule is Clc1cccc2c1C=Cc1c(Cl)cccc1[Si]2(c1ccccc1)c1ccccc1. The third kappa shape index (κ3) is 2.81. The lowest BCUT2D eigenvalue weighted by Crippen LogP contribution is -2.75. The number of hydrogen-bond acceptors (Lipinski definition) is 0. The molecule has 4 aromatic rings. The molecule has 1 heterocycles. The van der Waals surface area contributed by atoms with Gasteiger partial charge < -0.3 is 0 Å². The van der Waals surface area contributed by atoms with E-state index in [0.29, 0.717) is 0 Å². The van der Waals surface area contributed by atoms with Gasteiger partial charge in [-0.15, -0.1) is 0 Å². The molecule has 0 nitrogen and oxygen atoms in total. The zero-order chi connectivity index (χ0) is 19.8. The molecule has 0 amide bonds. The molecule has 1 aliphatic heterocycles. The van der Waals surface area contributed by atoms with E-state index in [1.54, 1.807) is 0 Å². The molecule has 0 saturated heterocycles. The van der Waals surface area contributed by atoms with Crippen LogP contribution in [0.15, 0.2) is 97.1 Å². The van der Waals surface area contributed by atoms with Gasteiger partial charge in [-0.05, 0) is 44.0 Å². The van der Waals surface area contributed by atoms with Gasteiger partial charge in [0.2, 0.25) is 0 Å². The van der Waals surface area contributed by atoms with Gasteiger partial charge in [0.1, 0.15) is 0 Å². The molecule has 0 aromatic heterocycles. The van der Waals surface area contributed by atoms with Crippen LogP contribution in [0.3, 0.4) is 0 Å². The second-order valence-corrected chi connectivity index (χ2v) is 11.8. The summed E-state index contributed by atoms with van der Waals surface area (Å²) in [5.74, 6) is 0. The highest BCUT2D eigenvalue weighted by Crippen LogP contribution is 2.27. The van der Waals surface area contributed by atoms with Crippen LogP contribution < -0.4 is 20.7 Å². The first-order chi connectivity index (χ1) is 14.2. The third-order valence-corrected chi connectivity index (χ3v) is 11.3. The minimum atomic E-state index is -2.62. The summed E-state index contributed by atoms with van der Waals surface area (Å²) in [6.07, 6.45) is 4.26. The Morgan fingerprint density at radius 3 is 1.28 bits per heavy atom. The number of halogens is 2. The van der Waals surface area contributed by atoms with Gasteiger partial charge in [0.15, 0.2) is 8.07 Å². The molecule has 0 saturated carbocycles. The Hall–Kier alpha value is -2.58. The quantitative estimate of drug-likeness (QED) is 0.352. The van der Waals surface area contributed by atoms with Crippen LogP contribution in [0.1, 0.15) is 11.1 Å². The molecule has 0 N–H and O–H groups in total. The van der Waals surface area contributed by atoms with Crippen LogP contribution in [0.5, 0.6) is 0 Å². The van der Waals surface area contributed by atoms with Crippen LogP contribution >= 0.6 is 23.2 Å². The highest BCUT2D eigenvalue weighted by molar-refractivity contribution is 7.20. The van der Waals surface area contributed by atoms with Crippen molar-refractivity contribution in [1.82, 2.24) is 0 Å². The molecular weight excluding hydrogens is 411 g/mol. The van der Waals surface area contributed by atoms with Crippen molar-refractivity contribution in [3.05, 3.63) is 118 Å². The maximum atomic E-state index is 6.74. The van der Waals surface area contributed by atoms with E-state index in [-0.39, 0.29) is 0 Å². The Labute approximate surface area is 182 Å². The molecular formula is C26H18Cl2Si. The third-order valence-electron chi connectivity index (χ3n) is 5.74. The summed E-state index contributed by atoms with van der Waals surface area (Å²) in [6.45, 7) is 0. The first-order valence-electron chi connectivity index (χ1n) is 9.60. The van der Waals surface area contributed by atoms with Gasteiger partial charge >= 0.3 is 0 Å². The van der Waals surface area contributed by atoms with E-state index in [2.05, 4.69) is 97.1 Å². The summed E-state index contributed by atoms with van der Waals surface area (Å²) in [6, 6.07) is 34.2. The zero-order valence-corrected chi connectivity index (χ0v) is 18.2. The lowest BCUT2D eigenvalue weighted by atomic mass is 10.1. The second kappa shape index (κ2) is 7.35. The average molecular weight is 429 g/mol. The van der Waals surface area contributed by atoms with Crippen LogP contribution in [0, 0.1) is 0 Å². The second-order valence-electron chi connectivity index (χ2n) is 7.22. The predicted octanol–water partition coefficient (Wildman–Crippen LogP) is 4.85. The average Bonchev–Trinajstić information content (AvgIpc) is 2.92. The fourth-order valence-corrected chi connectivity index (χ4v) is 10.4. The van der Waals surface area contributed by atoms with Gasteiger partial charge in [-0.3, -0.25) is 0 Å². The summed E-state index contributed by atoms with van der Waals surface area (Å²) >= 11 is 13.5. The van der Waals surface area contributed by atoms with Gasteiger partial charge in [-0.25, -0.2) is 0 Å². The minimum Gasteiger partial charge on any atom is -0.0837 e. The Balaban J connectivity index is 2.04. The van der Waals surface area contributed by atoms with Crippen molar-refractivity contribution in [2.24, 2.45) is 0 Å². The summed E-state index contributed by atoms with van der Waals surface area (Å²) < 4.78 is 0. The summed E-state index contributed by atoms with van der Waals surface area (Å²) in [4.78, 5) is 0. The number of hydrogen-bond donors (Lipinski definition) is 0. The van der Waals surface area contributed by atoms with E-state index < -0.39 is 8.07 Å². The maximum absolute atomic E-state index is 6.74. The van der Waals surface area contributed by atoms with Crippen molar-refractivity contribution in [2.75, 3.05) is 0 Å². The molecule has 5 rings (SSSR count). The van der Waals surface area contributed by atoms with E-state index in [1.165, 1.54) is 20.7 Å². The molecule has 0 radical (unpaired) electrons. The highest BCUT2D eigenvalue weighted by atomic mass is 35.5. The van der Waals surface area contributed by atoms with Crippen LogP contribution in [0.2, 0.25) is 10.0 Å². The van der Waals surface area contributed by atoms with Gasteiger partial charge in [0.05, 0.1) is 0 Å². The molecule has 0 spiro atoms. The molecule has 4 aromatic carbocycles. The van der Waals surface area contributed by atoms with E-state index in [0.717, 1.165) is 21.2 Å². The molecule has 1 aliphatic rings. The van der Waals surface area contributed by atoms with Crippen LogP contribution in [0.4, 0.5) is 0 Å². The molecule has 140 valence electrons. The molecule has 0 bridgehead atoms. The van der Waals surface area contributed by atoms with Crippen molar-refractivity contribution in [1.29, 1.82) is 0 Å². The fourth-order valence-electron chi connectivity index (χ4n) is 4.54. The molecule has 0 unspecified atom stereocenters. The molecule has 3 heteroatoms. The Bertz CT molecular complexity index is 1120. The number of fused-ring (bicyclic) bond motifs is 2. The van der Waals surface area contributed by atoms with Crippen LogP contribution in [-0.4, -0.2) is 8.07 Å². The largest absolute Gasteiger partial charge is 0.180 e. The summed E-state index contributed by atoms with van der Waals surface area (Å²) in [7, 11) is -2.62. The lowest BCUT2D eigenvalue weighted by Gasteiger charge is -2.36. The van der Waals surface area contributed by atoms with Gasteiger partial charge in [0.25, 0.3) is 0 Å². The number of benzene rings is 4. The zero-order valence-electron chi connectivity index (χ0n) is 15.6. The molecule has 29 heavy (non-hydrogen) atoms. The highest BCUT2D eigenvalue weighted by Gasteiger charge is 2.45. The standard InChI is InChI=1S/C26H18Cl2Si/c27-23-13-7-15-25-21(23)17-18-22-24(28)14-8-16-26(22)29(25,19-9-3-1-4-10-19)20-11-5-2-6-12-20/h1-18H. The van der Waals surface area contributed by atoms with Crippen molar-refractivity contribution in [3.63, 3.8) is 0 Å². The Morgan fingerprint density at radius 2 is 0.862 bits per heavy atom. The van der Waals surface area contributed by atoms with E-state index >= 15 is 0 Å². The minimum absolute atomic E-state index is 0.770. The van der Waals surface area contributed by atoms with Crippen molar-refractivity contribution in [3.8, 4) is 0 Å². The van der Waals surface area contributed by atoms with E-state index in [9.17, 15) is 0 Å². The topological polar surface area (TPSA) is 0 Å². The normalized spacial score (nSPS) is 14.0. The Morgan fingerprint density at radius 1 is 0.448 bits per heavy atom. The molecule has 0 aliphatic carbocycles. The first-order valence-corrected chi connectivity index (χ1v) is 12.4. The van der Waals surface area contributed by atoms with Crippen molar-refractivity contribution in [2.45, 2.75) is 0 Å². The summed E-state index contributed by atoms with van der Waals surface area (Å²) in [5, 5.41) is 6.76. The van der Waals surface area contributed by atoms with Gasteiger partial charge in [-0.1, -0.05) is 120 Å². The van der Waals surface area contributed by atoms with Crippen LogP contribution in [0.25, 0.3) is 12.2 Å². The molecule has 0 atom stereocenters. The first kappa shape index (κ1) is 18.4. The monoisotopic (exact) mass is 428 g/mol. The van der Waals surface area contributed by atoms with Crippen molar-refractivity contribution < 1.29 is 0 Å². The molecule has 0 fully saturated rings. The van der Waals surface area contributed by atoms with E-state index in [4.69, 9.17) is 23.2 Å². The maximum Gasteiger partial charge on any atom is 0.180 e. The number of rotatable bonds is 2. The van der Waals surface area contributed by atoms with E-state index in [1.807, 2.05) is 12.1 Å². The smallest absolute Gasteiger partial charge is 0.0837 e. The fraction of sp³-hybridized carbons (Fsp3) is 0. The predicted molar refractivity (Wildman–Crippen MR) is 129 cm³/mol. The van der Waals surface area contributed by atoms with Crippen LogP contribution in [-0.2, 0) is 0 Å².